The third-order valence-electron chi connectivity index (χ3n) is 5.82. The van der Waals surface area contributed by atoms with Crippen LogP contribution in [0.15, 0.2) is 71.5 Å². The van der Waals surface area contributed by atoms with Gasteiger partial charge in [0.15, 0.2) is 0 Å². The van der Waals surface area contributed by atoms with Gasteiger partial charge in [0.25, 0.3) is 5.56 Å². The highest BCUT2D eigenvalue weighted by Crippen LogP contribution is 2.28. The molecule has 1 heterocycles. The van der Waals surface area contributed by atoms with Crippen LogP contribution in [0.3, 0.4) is 0 Å². The fourth-order valence-electron chi connectivity index (χ4n) is 3.92. The number of carbonyl (C=O) groups is 1. The summed E-state index contributed by atoms with van der Waals surface area (Å²) in [4.78, 5) is 25.2. The third kappa shape index (κ3) is 5.92. The van der Waals surface area contributed by atoms with Gasteiger partial charge in [0.1, 0.15) is 28.8 Å². The van der Waals surface area contributed by atoms with E-state index in [2.05, 4.69) is 10.3 Å². The number of fused-ring (bicyclic) bond motifs is 1. The van der Waals surface area contributed by atoms with Crippen LogP contribution in [0.4, 0.5) is 5.69 Å². The maximum Gasteiger partial charge on any atom is 0.327 e. The number of rotatable bonds is 10. The Morgan fingerprint density at radius 1 is 1.03 bits per heavy atom. The van der Waals surface area contributed by atoms with Gasteiger partial charge >= 0.3 is 5.97 Å². The van der Waals surface area contributed by atoms with Crippen molar-refractivity contribution in [3.63, 3.8) is 0 Å². The SMILES string of the molecule is COc1ccc2nnn(CCC(C(=O)O)N(c3ccc(Oc4ccc(C)cc4)cc3)S(C)(=O)=O)c(=O)c2c1. The first-order valence-electron chi connectivity index (χ1n) is 11.5. The lowest BCUT2D eigenvalue weighted by Gasteiger charge is -2.29. The molecular weight excluding hydrogens is 512 g/mol. The molecule has 0 aliphatic heterocycles. The highest BCUT2D eigenvalue weighted by Gasteiger charge is 2.33. The monoisotopic (exact) mass is 538 g/mol. The van der Waals surface area contributed by atoms with E-state index in [-0.39, 0.29) is 24.0 Å². The van der Waals surface area contributed by atoms with Gasteiger partial charge in [-0.05, 0) is 67.9 Å². The van der Waals surface area contributed by atoms with Crippen molar-refractivity contribution in [3.05, 3.63) is 82.6 Å². The molecule has 0 bridgehead atoms. The minimum Gasteiger partial charge on any atom is -0.497 e. The van der Waals surface area contributed by atoms with Crippen LogP contribution >= 0.6 is 0 Å². The van der Waals surface area contributed by atoms with Crippen molar-refractivity contribution in [1.82, 2.24) is 15.0 Å². The lowest BCUT2D eigenvalue weighted by Crippen LogP contribution is -2.46. The van der Waals surface area contributed by atoms with Crippen LogP contribution in [-0.4, -0.2) is 53.9 Å². The average molecular weight is 539 g/mol. The minimum absolute atomic E-state index is 0.137. The number of anilines is 1. The van der Waals surface area contributed by atoms with Crippen molar-refractivity contribution in [2.75, 3.05) is 17.7 Å². The molecular formula is C26H26N4O7S. The van der Waals surface area contributed by atoms with Gasteiger partial charge in [-0.15, -0.1) is 5.10 Å². The Hall–Kier alpha value is -4.45. The van der Waals surface area contributed by atoms with Gasteiger partial charge in [-0.3, -0.25) is 9.10 Å². The van der Waals surface area contributed by atoms with Crippen LogP contribution < -0.4 is 19.3 Å². The van der Waals surface area contributed by atoms with E-state index in [9.17, 15) is 23.1 Å². The highest BCUT2D eigenvalue weighted by atomic mass is 32.2. The van der Waals surface area contributed by atoms with Crippen molar-refractivity contribution in [1.29, 1.82) is 0 Å². The van der Waals surface area contributed by atoms with Crippen LogP contribution in [0.25, 0.3) is 10.9 Å². The molecule has 12 heteroatoms. The van der Waals surface area contributed by atoms with E-state index in [1.54, 1.807) is 36.4 Å². The molecule has 0 saturated heterocycles. The van der Waals surface area contributed by atoms with Crippen molar-refractivity contribution < 1.29 is 27.8 Å². The number of sulfonamides is 1. The first-order valence-corrected chi connectivity index (χ1v) is 13.4. The van der Waals surface area contributed by atoms with E-state index >= 15 is 0 Å². The molecule has 0 amide bonds. The van der Waals surface area contributed by atoms with Gasteiger partial charge in [-0.1, -0.05) is 22.9 Å². The predicted octanol–water partition coefficient (Wildman–Crippen LogP) is 3.21. The quantitative estimate of drug-likeness (QED) is 0.322. The Bertz CT molecular complexity index is 1620. The summed E-state index contributed by atoms with van der Waals surface area (Å²) in [5, 5.41) is 18.1. The van der Waals surface area contributed by atoms with Crippen LogP contribution in [0.1, 0.15) is 12.0 Å². The van der Waals surface area contributed by atoms with Gasteiger partial charge in [0.2, 0.25) is 10.0 Å². The molecule has 3 aromatic carbocycles. The van der Waals surface area contributed by atoms with Crippen LogP contribution in [0.5, 0.6) is 17.2 Å². The summed E-state index contributed by atoms with van der Waals surface area (Å²) in [6.45, 7) is 1.77. The van der Waals surface area contributed by atoms with Gasteiger partial charge in [-0.25, -0.2) is 17.9 Å². The first kappa shape index (κ1) is 26.6. The van der Waals surface area contributed by atoms with Crippen molar-refractivity contribution in [2.45, 2.75) is 25.9 Å². The van der Waals surface area contributed by atoms with Crippen molar-refractivity contribution in [2.24, 2.45) is 0 Å². The second kappa shape index (κ2) is 10.9. The smallest absolute Gasteiger partial charge is 0.327 e. The summed E-state index contributed by atoms with van der Waals surface area (Å²) in [5.74, 6) is 0.132. The van der Waals surface area contributed by atoms with Gasteiger partial charge in [0.05, 0.1) is 24.4 Å². The molecule has 38 heavy (non-hydrogen) atoms. The third-order valence-corrected chi connectivity index (χ3v) is 7.00. The zero-order valence-electron chi connectivity index (χ0n) is 20.9. The van der Waals surface area contributed by atoms with Crippen LogP contribution in [-0.2, 0) is 21.4 Å². The summed E-state index contributed by atoms with van der Waals surface area (Å²) in [5.41, 5.74) is 1.07. The standard InChI is InChI=1S/C26H26N4O7S/c1-17-4-8-19(9-5-17)37-20-10-6-18(7-11-20)30(38(3,34)35)24(26(32)33)14-15-29-25(31)22-16-21(36-2)12-13-23(22)27-28-29/h4-13,16,24H,14-15H2,1-3H3,(H,32,33). The van der Waals surface area contributed by atoms with Gasteiger partial charge in [0, 0.05) is 6.54 Å². The molecule has 11 nitrogen and oxygen atoms in total. The van der Waals surface area contributed by atoms with E-state index in [4.69, 9.17) is 9.47 Å². The fourth-order valence-corrected chi connectivity index (χ4v) is 5.08. The number of aryl methyl sites for hydroxylation is 2. The van der Waals surface area contributed by atoms with E-state index in [1.165, 1.54) is 25.3 Å². The summed E-state index contributed by atoms with van der Waals surface area (Å²) in [7, 11) is -2.56. The maximum absolute atomic E-state index is 12.9. The Morgan fingerprint density at radius 2 is 1.63 bits per heavy atom. The van der Waals surface area contributed by atoms with E-state index < -0.39 is 27.6 Å². The average Bonchev–Trinajstić information content (AvgIpc) is 2.88. The highest BCUT2D eigenvalue weighted by molar-refractivity contribution is 7.92. The van der Waals surface area contributed by atoms with Gasteiger partial charge < -0.3 is 14.6 Å². The maximum atomic E-state index is 12.9. The molecule has 1 N–H and O–H groups in total. The Kier molecular flexibility index (Phi) is 7.62. The lowest BCUT2D eigenvalue weighted by molar-refractivity contribution is -0.138. The number of benzene rings is 3. The zero-order chi connectivity index (χ0) is 27.4. The molecule has 0 radical (unpaired) electrons. The summed E-state index contributed by atoms with van der Waals surface area (Å²) >= 11 is 0. The Morgan fingerprint density at radius 3 is 2.21 bits per heavy atom. The molecule has 1 unspecified atom stereocenters. The molecule has 0 spiro atoms. The number of ether oxygens (including phenoxy) is 2. The normalized spacial score (nSPS) is 12.2. The molecule has 4 rings (SSSR count). The van der Waals surface area contributed by atoms with E-state index in [1.807, 2.05) is 19.1 Å². The molecule has 1 atom stereocenters. The van der Waals surface area contributed by atoms with Crippen LogP contribution in [0.2, 0.25) is 0 Å². The first-order chi connectivity index (χ1) is 18.1. The number of carboxylic acids is 1. The number of hydrogen-bond donors (Lipinski definition) is 1. The number of hydrogen-bond acceptors (Lipinski definition) is 8. The zero-order valence-corrected chi connectivity index (χ0v) is 21.8. The number of carboxylic acid groups (broad SMARTS) is 1. The molecule has 0 aliphatic rings. The number of aromatic nitrogens is 3. The molecule has 0 saturated carbocycles. The largest absolute Gasteiger partial charge is 0.497 e. The Labute approximate surface area is 218 Å². The van der Waals surface area contributed by atoms with Crippen molar-refractivity contribution >= 4 is 32.6 Å². The lowest BCUT2D eigenvalue weighted by atomic mass is 10.2. The number of nitrogens with zero attached hydrogens (tertiary/aromatic N) is 4. The van der Waals surface area contributed by atoms with E-state index in [0.29, 0.717) is 22.8 Å². The van der Waals surface area contributed by atoms with Crippen molar-refractivity contribution in [3.8, 4) is 17.2 Å². The summed E-state index contributed by atoms with van der Waals surface area (Å²) < 4.78 is 38.2. The number of aliphatic carboxylic acids is 1. The molecule has 0 fully saturated rings. The second-order valence-corrected chi connectivity index (χ2v) is 10.5. The van der Waals surface area contributed by atoms with Gasteiger partial charge in [-0.2, -0.15) is 0 Å². The predicted molar refractivity (Wildman–Crippen MR) is 141 cm³/mol. The second-order valence-electron chi connectivity index (χ2n) is 8.61. The summed E-state index contributed by atoms with van der Waals surface area (Å²) in [6.07, 6.45) is 0.683. The van der Waals surface area contributed by atoms with E-state index in [0.717, 1.165) is 20.8 Å². The Balaban J connectivity index is 1.59. The fraction of sp³-hybridized carbons (Fsp3) is 0.231. The minimum atomic E-state index is -4.03. The summed E-state index contributed by atoms with van der Waals surface area (Å²) in [6, 6.07) is 16.7. The molecule has 1 aromatic heterocycles. The molecule has 198 valence electrons. The van der Waals surface area contributed by atoms with Crippen LogP contribution in [0, 0.1) is 6.92 Å². The molecule has 0 aliphatic carbocycles. The molecule has 4 aromatic rings. The topological polar surface area (TPSA) is 141 Å². The number of methoxy groups -OCH3 is 1.